The fraction of sp³-hybridized carbons (Fsp3) is 0.727. The van der Waals surface area contributed by atoms with Gasteiger partial charge in [0, 0.05) is 12.0 Å². The third kappa shape index (κ3) is 4.52. The first-order valence-corrected chi connectivity index (χ1v) is 10.5. The Kier molecular flexibility index (Phi) is 6.47. The third-order valence-electron chi connectivity index (χ3n) is 6.66. The molecule has 1 aliphatic heterocycles. The Morgan fingerprint density at radius 1 is 1.19 bits per heavy atom. The monoisotopic (exact) mass is 357 g/mol. The van der Waals surface area contributed by atoms with Crippen molar-refractivity contribution in [3.8, 4) is 0 Å². The highest BCUT2D eigenvalue weighted by molar-refractivity contribution is 6.47. The maximum absolute atomic E-state index is 6.38. The molecule has 1 N–H and O–H groups in total. The van der Waals surface area contributed by atoms with Crippen LogP contribution in [0.2, 0.25) is 0 Å². The van der Waals surface area contributed by atoms with E-state index in [2.05, 4.69) is 70.3 Å². The average Bonchev–Trinajstić information content (AvgIpc) is 3.07. The summed E-state index contributed by atoms with van der Waals surface area (Å²) < 4.78 is 12.5. The number of nitrogens with one attached hydrogen (secondary N) is 1. The van der Waals surface area contributed by atoms with Gasteiger partial charge in [-0.1, -0.05) is 71.4 Å². The zero-order valence-electron chi connectivity index (χ0n) is 17.2. The van der Waals surface area contributed by atoms with E-state index in [1.165, 1.54) is 18.4 Å². The summed E-state index contributed by atoms with van der Waals surface area (Å²) in [4.78, 5) is 0. The van der Waals surface area contributed by atoms with Gasteiger partial charge in [0.05, 0.1) is 12.7 Å². The molecule has 144 valence electrons. The minimum absolute atomic E-state index is 0.146. The lowest BCUT2D eigenvalue weighted by molar-refractivity contribution is -0.0441. The van der Waals surface area contributed by atoms with E-state index in [1.54, 1.807) is 0 Å². The second-order valence-electron chi connectivity index (χ2n) is 9.17. The molecule has 1 aromatic rings. The van der Waals surface area contributed by atoms with Gasteiger partial charge in [0.15, 0.2) is 0 Å². The highest BCUT2D eigenvalue weighted by atomic mass is 16.6. The SMILES string of the molecule is CCC1CC(CC2COB(C(Cc3ccccc3)NC(C)C)O2)C1(C)C. The van der Waals surface area contributed by atoms with E-state index in [0.717, 1.165) is 31.3 Å². The van der Waals surface area contributed by atoms with Gasteiger partial charge in [-0.2, -0.15) is 0 Å². The summed E-state index contributed by atoms with van der Waals surface area (Å²) in [5.74, 6) is 1.84. The van der Waals surface area contributed by atoms with Crippen molar-refractivity contribution >= 4 is 7.12 Å². The van der Waals surface area contributed by atoms with Crippen molar-refractivity contribution in [2.24, 2.45) is 17.3 Å². The van der Waals surface area contributed by atoms with E-state index >= 15 is 0 Å². The summed E-state index contributed by atoms with van der Waals surface area (Å²) in [7, 11) is -0.146. The standard InChI is InChI=1S/C22H36BNO2/c1-6-18-13-19(22(18,4)5)14-20-15-25-23(26-20)21(24-16(2)3)12-17-10-8-7-9-11-17/h7-11,16,18-21,24H,6,12-15H2,1-5H3. The Bertz CT molecular complexity index is 563. The fourth-order valence-corrected chi connectivity index (χ4v) is 4.87. The molecule has 4 atom stereocenters. The molecule has 26 heavy (non-hydrogen) atoms. The molecule has 1 aromatic carbocycles. The molecule has 3 nitrogen and oxygen atoms in total. The Morgan fingerprint density at radius 3 is 2.54 bits per heavy atom. The molecule has 4 heteroatoms. The molecule has 2 aliphatic rings. The van der Waals surface area contributed by atoms with E-state index in [4.69, 9.17) is 9.31 Å². The van der Waals surface area contributed by atoms with E-state index in [0.29, 0.717) is 11.5 Å². The minimum atomic E-state index is -0.146. The summed E-state index contributed by atoms with van der Waals surface area (Å²) in [6, 6.07) is 11.0. The summed E-state index contributed by atoms with van der Waals surface area (Å²) in [6.07, 6.45) is 4.97. The maximum Gasteiger partial charge on any atom is 0.475 e. The number of hydrogen-bond donors (Lipinski definition) is 1. The van der Waals surface area contributed by atoms with Crippen molar-refractivity contribution in [2.75, 3.05) is 6.61 Å². The molecule has 1 aliphatic carbocycles. The Balaban J connectivity index is 1.56. The van der Waals surface area contributed by atoms with E-state index in [1.807, 2.05) is 0 Å². The molecular formula is C22H36BNO2. The molecule has 1 saturated carbocycles. The van der Waals surface area contributed by atoms with Gasteiger partial charge < -0.3 is 14.6 Å². The van der Waals surface area contributed by atoms with Crippen molar-refractivity contribution in [3.05, 3.63) is 35.9 Å². The predicted octanol–water partition coefficient (Wildman–Crippen LogP) is 4.50. The molecular weight excluding hydrogens is 321 g/mol. The number of hydrogen-bond acceptors (Lipinski definition) is 3. The maximum atomic E-state index is 6.38. The Labute approximate surface area is 160 Å². The average molecular weight is 357 g/mol. The summed E-state index contributed by atoms with van der Waals surface area (Å²) in [5, 5.41) is 3.65. The van der Waals surface area contributed by atoms with Crippen LogP contribution >= 0.6 is 0 Å². The Hall–Kier alpha value is -0.835. The van der Waals surface area contributed by atoms with Crippen molar-refractivity contribution in [3.63, 3.8) is 0 Å². The smallest absolute Gasteiger partial charge is 0.407 e. The second kappa shape index (κ2) is 8.45. The molecule has 2 fully saturated rings. The van der Waals surface area contributed by atoms with Gasteiger partial charge in [0.2, 0.25) is 0 Å². The lowest BCUT2D eigenvalue weighted by atomic mass is 9.53. The van der Waals surface area contributed by atoms with Gasteiger partial charge in [-0.25, -0.2) is 0 Å². The van der Waals surface area contributed by atoms with Crippen LogP contribution in [-0.2, 0) is 15.7 Å². The lowest BCUT2D eigenvalue weighted by Gasteiger charge is -2.53. The number of benzene rings is 1. The van der Waals surface area contributed by atoms with Gasteiger partial charge in [0.1, 0.15) is 0 Å². The zero-order chi connectivity index (χ0) is 18.7. The highest BCUT2D eigenvalue weighted by Crippen LogP contribution is 2.54. The van der Waals surface area contributed by atoms with Crippen LogP contribution in [0.1, 0.15) is 59.4 Å². The van der Waals surface area contributed by atoms with Crippen LogP contribution < -0.4 is 5.32 Å². The van der Waals surface area contributed by atoms with E-state index in [9.17, 15) is 0 Å². The van der Waals surface area contributed by atoms with Gasteiger partial charge in [-0.05, 0) is 42.1 Å². The zero-order valence-corrected chi connectivity index (χ0v) is 17.2. The van der Waals surface area contributed by atoms with Crippen molar-refractivity contribution in [1.29, 1.82) is 0 Å². The Morgan fingerprint density at radius 2 is 1.92 bits per heavy atom. The fourth-order valence-electron chi connectivity index (χ4n) is 4.87. The minimum Gasteiger partial charge on any atom is -0.407 e. The topological polar surface area (TPSA) is 30.5 Å². The molecule has 0 radical (unpaired) electrons. The first-order valence-electron chi connectivity index (χ1n) is 10.5. The molecule has 0 aromatic heterocycles. The van der Waals surface area contributed by atoms with Crippen molar-refractivity contribution in [2.45, 2.75) is 78.4 Å². The van der Waals surface area contributed by atoms with Gasteiger partial charge in [0.25, 0.3) is 0 Å². The predicted molar refractivity (Wildman–Crippen MR) is 109 cm³/mol. The largest absolute Gasteiger partial charge is 0.475 e. The highest BCUT2D eigenvalue weighted by Gasteiger charge is 2.49. The van der Waals surface area contributed by atoms with Crippen LogP contribution in [0.4, 0.5) is 0 Å². The van der Waals surface area contributed by atoms with Gasteiger partial charge >= 0.3 is 7.12 Å². The van der Waals surface area contributed by atoms with Crippen LogP contribution in [-0.4, -0.2) is 31.8 Å². The van der Waals surface area contributed by atoms with Crippen LogP contribution in [0.3, 0.4) is 0 Å². The van der Waals surface area contributed by atoms with E-state index < -0.39 is 0 Å². The molecule has 1 saturated heterocycles. The van der Waals surface area contributed by atoms with Crippen molar-refractivity contribution in [1.82, 2.24) is 5.32 Å². The lowest BCUT2D eigenvalue weighted by Crippen LogP contribution is -2.49. The molecule has 3 rings (SSSR count). The normalized spacial score (nSPS) is 29.0. The first-order chi connectivity index (χ1) is 12.4. The van der Waals surface area contributed by atoms with Crippen LogP contribution in [0.5, 0.6) is 0 Å². The summed E-state index contributed by atoms with van der Waals surface area (Å²) >= 11 is 0. The summed E-state index contributed by atoms with van der Waals surface area (Å²) in [6.45, 7) is 12.3. The van der Waals surface area contributed by atoms with Crippen molar-refractivity contribution < 1.29 is 9.31 Å². The quantitative estimate of drug-likeness (QED) is 0.695. The van der Waals surface area contributed by atoms with E-state index in [-0.39, 0.29) is 19.2 Å². The molecule has 0 amide bonds. The molecule has 1 heterocycles. The first kappa shape index (κ1) is 19.9. The van der Waals surface area contributed by atoms with Crippen LogP contribution in [0.25, 0.3) is 0 Å². The van der Waals surface area contributed by atoms with Crippen LogP contribution in [0.15, 0.2) is 30.3 Å². The molecule has 0 spiro atoms. The van der Waals surface area contributed by atoms with Crippen LogP contribution in [0, 0.1) is 17.3 Å². The second-order valence-corrected chi connectivity index (χ2v) is 9.17. The summed E-state index contributed by atoms with van der Waals surface area (Å²) in [5.41, 5.74) is 1.78. The number of rotatable bonds is 8. The third-order valence-corrected chi connectivity index (χ3v) is 6.66. The molecule has 4 unspecified atom stereocenters. The van der Waals surface area contributed by atoms with Gasteiger partial charge in [-0.3, -0.25) is 0 Å². The molecule has 0 bridgehead atoms. The van der Waals surface area contributed by atoms with Gasteiger partial charge in [-0.15, -0.1) is 0 Å².